The number of fused-ring (bicyclic) bond motifs is 1. The predicted octanol–water partition coefficient (Wildman–Crippen LogP) is 3.75. The third-order valence-electron chi connectivity index (χ3n) is 4.88. The lowest BCUT2D eigenvalue weighted by Gasteiger charge is -2.24. The van der Waals surface area contributed by atoms with Crippen molar-refractivity contribution in [1.82, 2.24) is 25.3 Å². The van der Waals surface area contributed by atoms with E-state index in [1.807, 2.05) is 0 Å². The van der Waals surface area contributed by atoms with Gasteiger partial charge in [0.05, 0.1) is 22.5 Å². The van der Waals surface area contributed by atoms with Crippen LogP contribution in [0.1, 0.15) is 24.3 Å². The molecule has 0 radical (unpaired) electrons. The lowest BCUT2D eigenvalue weighted by molar-refractivity contribution is -0.383. The van der Waals surface area contributed by atoms with E-state index >= 15 is 0 Å². The highest BCUT2D eigenvalue weighted by molar-refractivity contribution is 5.98. The molecule has 2 aromatic heterocycles. The van der Waals surface area contributed by atoms with Gasteiger partial charge in [-0.15, -0.1) is 5.10 Å². The van der Waals surface area contributed by atoms with E-state index in [1.165, 1.54) is 22.9 Å². The quantitative estimate of drug-likeness (QED) is 0.371. The summed E-state index contributed by atoms with van der Waals surface area (Å²) in [5.41, 5.74) is 2.02. The molecule has 1 fully saturated rings. The van der Waals surface area contributed by atoms with E-state index in [-0.39, 0.29) is 28.5 Å². The number of benzene rings is 2. The van der Waals surface area contributed by atoms with Gasteiger partial charge in [-0.3, -0.25) is 19.7 Å². The minimum Gasteiger partial charge on any atom is -0.290 e. The van der Waals surface area contributed by atoms with Crippen molar-refractivity contribution in [3.8, 4) is 0 Å². The van der Waals surface area contributed by atoms with Crippen LogP contribution in [-0.2, 0) is 7.05 Å². The lowest BCUT2D eigenvalue weighted by atomic mass is 10.1. The van der Waals surface area contributed by atoms with Crippen LogP contribution >= 0.6 is 0 Å². The van der Waals surface area contributed by atoms with E-state index in [2.05, 4.69) is 20.6 Å². The van der Waals surface area contributed by atoms with Gasteiger partial charge in [0.2, 0.25) is 5.52 Å². The zero-order valence-electron chi connectivity index (χ0n) is 15.2. The maximum atomic E-state index is 14.0. The second-order valence-electron chi connectivity index (χ2n) is 6.89. The number of anilines is 3. The highest BCUT2D eigenvalue weighted by Crippen LogP contribution is 2.48. The summed E-state index contributed by atoms with van der Waals surface area (Å²) < 4.78 is 20.3. The Morgan fingerprint density at radius 2 is 1.97 bits per heavy atom. The highest BCUT2D eigenvalue weighted by atomic mass is 19.1. The molecule has 1 aliphatic rings. The Hall–Kier alpha value is -3.89. The Bertz CT molecular complexity index is 1250. The fraction of sp³-hybridized carbons (Fsp3) is 0.222. The highest BCUT2D eigenvalue weighted by Gasteiger charge is 2.32. The van der Waals surface area contributed by atoms with Crippen LogP contribution in [0, 0.1) is 15.9 Å². The van der Waals surface area contributed by atoms with Crippen molar-refractivity contribution < 1.29 is 13.9 Å². The monoisotopic (exact) mass is 395 g/mol. The molecule has 0 amide bonds. The molecule has 4 aromatic rings. The van der Waals surface area contributed by atoms with Crippen LogP contribution < -0.4 is 4.90 Å². The van der Waals surface area contributed by atoms with Gasteiger partial charge in [-0.1, -0.05) is 5.21 Å². The summed E-state index contributed by atoms with van der Waals surface area (Å²) in [5.74, 6) is 0.370. The Kier molecular flexibility index (Phi) is 3.76. The normalized spacial score (nSPS) is 13.7. The van der Waals surface area contributed by atoms with Gasteiger partial charge >= 0.3 is 5.69 Å². The fourth-order valence-corrected chi connectivity index (χ4v) is 3.43. The molecule has 10 nitrogen and oxygen atoms in total. The number of non-ortho nitro benzene ring substituents is 1. The van der Waals surface area contributed by atoms with Crippen LogP contribution in [0.25, 0.3) is 11.0 Å². The van der Waals surface area contributed by atoms with Crippen LogP contribution in [0.2, 0.25) is 0 Å². The van der Waals surface area contributed by atoms with Crippen LogP contribution in [0.15, 0.2) is 41.2 Å². The van der Waals surface area contributed by atoms with Gasteiger partial charge in [-0.05, 0) is 58.9 Å². The summed E-state index contributed by atoms with van der Waals surface area (Å²) in [5, 5.41) is 27.1. The number of rotatable bonds is 5. The molecule has 5 rings (SSSR count). The molecular weight excluding hydrogens is 381 g/mol. The molecule has 146 valence electrons. The van der Waals surface area contributed by atoms with Crippen molar-refractivity contribution in [2.24, 2.45) is 7.05 Å². The number of halogens is 1. The summed E-state index contributed by atoms with van der Waals surface area (Å²) >= 11 is 0. The first-order valence-electron chi connectivity index (χ1n) is 8.88. The van der Waals surface area contributed by atoms with Crippen LogP contribution in [0.4, 0.5) is 27.3 Å². The van der Waals surface area contributed by atoms with Gasteiger partial charge in [0.1, 0.15) is 5.82 Å². The third kappa shape index (κ3) is 2.87. The zero-order chi connectivity index (χ0) is 20.1. The molecule has 0 saturated heterocycles. The van der Waals surface area contributed by atoms with Crippen LogP contribution in [-0.4, -0.2) is 30.2 Å². The molecule has 0 N–H and O–H groups in total. The fourth-order valence-electron chi connectivity index (χ4n) is 3.43. The molecule has 2 heterocycles. The molecule has 1 saturated carbocycles. The lowest BCUT2D eigenvalue weighted by Crippen LogP contribution is -2.13. The standard InChI is InChI=1S/C18H14FN7O3/c1-24-9-16(20-23-24)25(13-5-4-11(19)8-12(13)10-2-3-10)14-6-7-15(26(27)28)18-17(14)21-29-22-18/h4-10H,2-3H2,1H3. The Morgan fingerprint density at radius 1 is 1.21 bits per heavy atom. The number of aryl methyl sites for hydroxylation is 1. The first kappa shape index (κ1) is 17.2. The number of nitro groups is 1. The molecule has 0 spiro atoms. The van der Waals surface area contributed by atoms with Crippen molar-refractivity contribution in [1.29, 1.82) is 0 Å². The molecule has 11 heteroatoms. The Labute approximate surface area is 162 Å². The first-order chi connectivity index (χ1) is 14.0. The maximum absolute atomic E-state index is 14.0. The molecule has 1 aliphatic carbocycles. The van der Waals surface area contributed by atoms with Crippen LogP contribution in [0.3, 0.4) is 0 Å². The summed E-state index contributed by atoms with van der Waals surface area (Å²) in [6, 6.07) is 7.44. The number of aromatic nitrogens is 5. The molecule has 0 atom stereocenters. The molecule has 0 unspecified atom stereocenters. The van der Waals surface area contributed by atoms with Gasteiger partial charge in [-0.25, -0.2) is 9.02 Å². The average molecular weight is 395 g/mol. The van der Waals surface area contributed by atoms with E-state index < -0.39 is 4.92 Å². The maximum Gasteiger partial charge on any atom is 0.300 e. The SMILES string of the molecule is Cn1cc(N(c2ccc(F)cc2C2CC2)c2ccc([N+](=O)[O-])c3nonc23)nn1. The van der Waals surface area contributed by atoms with Gasteiger partial charge in [0.15, 0.2) is 11.3 Å². The summed E-state index contributed by atoms with van der Waals surface area (Å²) in [6.07, 6.45) is 3.62. The van der Waals surface area contributed by atoms with Crippen LogP contribution in [0.5, 0.6) is 0 Å². The van der Waals surface area contributed by atoms with E-state index in [9.17, 15) is 14.5 Å². The van der Waals surface area contributed by atoms with E-state index in [4.69, 9.17) is 4.63 Å². The van der Waals surface area contributed by atoms with E-state index in [1.54, 1.807) is 30.3 Å². The summed E-state index contributed by atoms with van der Waals surface area (Å²) in [6.45, 7) is 0. The first-order valence-corrected chi connectivity index (χ1v) is 8.88. The van der Waals surface area contributed by atoms with Crippen molar-refractivity contribution in [3.63, 3.8) is 0 Å². The van der Waals surface area contributed by atoms with Gasteiger partial charge in [0, 0.05) is 13.1 Å². The van der Waals surface area contributed by atoms with E-state index in [0.717, 1.165) is 18.4 Å². The predicted molar refractivity (Wildman–Crippen MR) is 99.6 cm³/mol. The minimum absolute atomic E-state index is 0.0245. The Balaban J connectivity index is 1.78. The summed E-state index contributed by atoms with van der Waals surface area (Å²) in [7, 11) is 1.73. The van der Waals surface area contributed by atoms with Crippen molar-refractivity contribution in [3.05, 3.63) is 58.0 Å². The van der Waals surface area contributed by atoms with Gasteiger partial charge in [-0.2, -0.15) is 0 Å². The average Bonchev–Trinajstić information content (AvgIpc) is 3.27. The van der Waals surface area contributed by atoms with Gasteiger partial charge < -0.3 is 0 Å². The number of hydrogen-bond acceptors (Lipinski definition) is 8. The molecule has 29 heavy (non-hydrogen) atoms. The van der Waals surface area contributed by atoms with Gasteiger partial charge in [0.25, 0.3) is 0 Å². The largest absolute Gasteiger partial charge is 0.300 e. The van der Waals surface area contributed by atoms with Crippen molar-refractivity contribution >= 4 is 33.9 Å². The topological polar surface area (TPSA) is 116 Å². The number of nitrogens with zero attached hydrogens (tertiary/aromatic N) is 7. The smallest absolute Gasteiger partial charge is 0.290 e. The second-order valence-corrected chi connectivity index (χ2v) is 6.89. The van der Waals surface area contributed by atoms with Crippen molar-refractivity contribution in [2.75, 3.05) is 4.90 Å². The molecular formula is C18H14FN7O3. The number of hydrogen-bond donors (Lipinski definition) is 0. The molecule has 0 aliphatic heterocycles. The minimum atomic E-state index is -0.545. The third-order valence-corrected chi connectivity index (χ3v) is 4.88. The van der Waals surface area contributed by atoms with Crippen molar-refractivity contribution in [2.45, 2.75) is 18.8 Å². The van der Waals surface area contributed by atoms with E-state index in [0.29, 0.717) is 17.2 Å². The molecule has 0 bridgehead atoms. The number of nitro benzene ring substituents is 1. The summed E-state index contributed by atoms with van der Waals surface area (Å²) in [4.78, 5) is 12.5. The zero-order valence-corrected chi connectivity index (χ0v) is 15.2. The second kappa shape index (κ2) is 6.33. The molecule has 2 aromatic carbocycles. The Morgan fingerprint density at radius 3 is 2.66 bits per heavy atom.